The topological polar surface area (TPSA) is 43.4 Å². The lowest BCUT2D eigenvalue weighted by molar-refractivity contribution is 0.309. The van der Waals surface area contributed by atoms with Crippen molar-refractivity contribution in [3.63, 3.8) is 0 Å². The molecule has 0 spiro atoms. The van der Waals surface area contributed by atoms with E-state index in [-0.39, 0.29) is 0 Å². The average Bonchev–Trinajstić information content (AvgIpc) is 2.92. The molecule has 0 saturated heterocycles. The van der Waals surface area contributed by atoms with E-state index in [9.17, 15) is 8.42 Å². The molecule has 0 heterocycles. The molecule has 1 rings (SSSR count). The van der Waals surface area contributed by atoms with Crippen LogP contribution in [-0.2, 0) is 14.3 Å². The van der Waals surface area contributed by atoms with Gasteiger partial charge in [0.1, 0.15) is 0 Å². The van der Waals surface area contributed by atoms with E-state index in [2.05, 4.69) is 12.2 Å². The van der Waals surface area contributed by atoms with Crippen molar-refractivity contribution in [2.24, 2.45) is 5.92 Å². The van der Waals surface area contributed by atoms with Gasteiger partial charge in [0.15, 0.2) is 0 Å². The van der Waals surface area contributed by atoms with E-state index < -0.39 is 10.1 Å². The largest absolute Gasteiger partial charge is 0.270 e. The van der Waals surface area contributed by atoms with Crippen molar-refractivity contribution in [3.8, 4) is 0 Å². The summed E-state index contributed by atoms with van der Waals surface area (Å²) < 4.78 is 26.2. The Hall–Kier alpha value is -0.350. The van der Waals surface area contributed by atoms with Crippen LogP contribution in [0.25, 0.3) is 0 Å². The van der Waals surface area contributed by atoms with Gasteiger partial charge in [-0.3, -0.25) is 4.18 Å². The SMILES string of the molecule is CS(=O)(=O)OCCCCCCCCCCCC1C=CCC1. The maximum atomic E-state index is 10.7. The van der Waals surface area contributed by atoms with Gasteiger partial charge in [0.2, 0.25) is 0 Å². The fraction of sp³-hybridized carbons (Fsp3) is 0.882. The van der Waals surface area contributed by atoms with Crippen LogP contribution in [0.15, 0.2) is 12.2 Å². The maximum Gasteiger partial charge on any atom is 0.264 e. The van der Waals surface area contributed by atoms with Crippen molar-refractivity contribution in [2.75, 3.05) is 12.9 Å². The van der Waals surface area contributed by atoms with Crippen LogP contribution in [0.5, 0.6) is 0 Å². The molecule has 1 aliphatic carbocycles. The second-order valence-corrected chi connectivity index (χ2v) is 7.91. The van der Waals surface area contributed by atoms with E-state index in [1.807, 2.05) is 0 Å². The summed E-state index contributed by atoms with van der Waals surface area (Å²) >= 11 is 0. The van der Waals surface area contributed by atoms with E-state index in [0.29, 0.717) is 6.61 Å². The first kappa shape index (κ1) is 18.7. The molecular weight excluding hydrogens is 284 g/mol. The van der Waals surface area contributed by atoms with Crippen LogP contribution in [0, 0.1) is 5.92 Å². The first-order valence-electron chi connectivity index (χ1n) is 8.59. The number of allylic oxidation sites excluding steroid dienone is 2. The fourth-order valence-corrected chi connectivity index (χ4v) is 3.31. The van der Waals surface area contributed by atoms with Crippen LogP contribution in [-0.4, -0.2) is 21.3 Å². The van der Waals surface area contributed by atoms with Crippen LogP contribution in [0.3, 0.4) is 0 Å². The third-order valence-electron chi connectivity index (χ3n) is 4.13. The second kappa shape index (κ2) is 11.2. The summed E-state index contributed by atoms with van der Waals surface area (Å²) in [5.41, 5.74) is 0. The average molecular weight is 317 g/mol. The minimum Gasteiger partial charge on any atom is -0.270 e. The summed E-state index contributed by atoms with van der Waals surface area (Å²) in [7, 11) is -3.24. The Morgan fingerprint density at radius 1 is 0.952 bits per heavy atom. The standard InChI is InChI=1S/C17H32O3S/c1-21(18,19)20-16-12-8-6-4-2-3-5-7-9-13-17-14-10-11-15-17/h10,14,17H,2-9,11-13,15-16H2,1H3. The third kappa shape index (κ3) is 11.9. The summed E-state index contributed by atoms with van der Waals surface area (Å²) in [6.07, 6.45) is 21.1. The molecule has 0 aromatic rings. The molecule has 0 radical (unpaired) electrons. The van der Waals surface area contributed by atoms with Gasteiger partial charge >= 0.3 is 0 Å². The van der Waals surface area contributed by atoms with Gasteiger partial charge in [0.05, 0.1) is 12.9 Å². The smallest absolute Gasteiger partial charge is 0.264 e. The normalized spacial score (nSPS) is 18.4. The predicted octanol–water partition coefficient (Wildman–Crippen LogP) is 4.83. The molecule has 124 valence electrons. The summed E-state index contributed by atoms with van der Waals surface area (Å²) in [5, 5.41) is 0. The van der Waals surface area contributed by atoms with Gasteiger partial charge in [-0.2, -0.15) is 8.42 Å². The molecule has 4 heteroatoms. The molecule has 3 nitrogen and oxygen atoms in total. The highest BCUT2D eigenvalue weighted by Crippen LogP contribution is 2.23. The molecule has 0 aromatic carbocycles. The lowest BCUT2D eigenvalue weighted by atomic mass is 9.99. The van der Waals surface area contributed by atoms with Gasteiger partial charge in [-0.05, 0) is 31.6 Å². The van der Waals surface area contributed by atoms with Gasteiger partial charge < -0.3 is 0 Å². The molecule has 21 heavy (non-hydrogen) atoms. The fourth-order valence-electron chi connectivity index (χ4n) is 2.89. The van der Waals surface area contributed by atoms with Gasteiger partial charge in [-0.1, -0.05) is 63.5 Å². The number of hydrogen-bond donors (Lipinski definition) is 0. The molecule has 0 saturated carbocycles. The minimum absolute atomic E-state index is 0.342. The first-order chi connectivity index (χ1) is 10.1. The first-order valence-corrected chi connectivity index (χ1v) is 10.4. The van der Waals surface area contributed by atoms with Crippen LogP contribution in [0.1, 0.15) is 77.0 Å². The molecule has 1 aliphatic rings. The number of hydrogen-bond acceptors (Lipinski definition) is 3. The van der Waals surface area contributed by atoms with E-state index in [0.717, 1.165) is 25.0 Å². The van der Waals surface area contributed by atoms with Gasteiger partial charge in [-0.15, -0.1) is 0 Å². The zero-order valence-corrected chi connectivity index (χ0v) is 14.4. The molecule has 0 aliphatic heterocycles. The Morgan fingerprint density at radius 2 is 1.52 bits per heavy atom. The summed E-state index contributed by atoms with van der Waals surface area (Å²) in [5.74, 6) is 0.874. The molecule has 1 unspecified atom stereocenters. The molecule has 0 amide bonds. The van der Waals surface area contributed by atoms with Crippen molar-refractivity contribution >= 4 is 10.1 Å². The van der Waals surface area contributed by atoms with Crippen molar-refractivity contribution < 1.29 is 12.6 Å². The summed E-state index contributed by atoms with van der Waals surface area (Å²) in [4.78, 5) is 0. The second-order valence-electron chi connectivity index (χ2n) is 6.26. The molecule has 1 atom stereocenters. The lowest BCUT2D eigenvalue weighted by Crippen LogP contribution is -2.03. The predicted molar refractivity (Wildman–Crippen MR) is 88.8 cm³/mol. The Kier molecular flexibility index (Phi) is 10.0. The van der Waals surface area contributed by atoms with Crippen molar-refractivity contribution in [1.82, 2.24) is 0 Å². The van der Waals surface area contributed by atoms with E-state index >= 15 is 0 Å². The molecular formula is C17H32O3S. The molecule has 0 fully saturated rings. The van der Waals surface area contributed by atoms with Gasteiger partial charge in [0.25, 0.3) is 10.1 Å². The zero-order chi connectivity index (χ0) is 15.4. The summed E-state index contributed by atoms with van der Waals surface area (Å²) in [6.45, 7) is 0.342. The van der Waals surface area contributed by atoms with Crippen LogP contribution < -0.4 is 0 Å². The van der Waals surface area contributed by atoms with Crippen LogP contribution >= 0.6 is 0 Å². The quantitative estimate of drug-likeness (QED) is 0.278. The highest BCUT2D eigenvalue weighted by Gasteiger charge is 2.07. The Balaban J connectivity index is 1.73. The van der Waals surface area contributed by atoms with Crippen LogP contribution in [0.2, 0.25) is 0 Å². The monoisotopic (exact) mass is 316 g/mol. The Morgan fingerprint density at radius 3 is 2.05 bits per heavy atom. The summed E-state index contributed by atoms with van der Waals surface area (Å²) in [6, 6.07) is 0. The Bertz CT molecular complexity index is 373. The molecule has 0 aromatic heterocycles. The lowest BCUT2D eigenvalue weighted by Gasteiger charge is -2.06. The number of unbranched alkanes of at least 4 members (excludes halogenated alkanes) is 8. The highest BCUT2D eigenvalue weighted by molar-refractivity contribution is 7.85. The van der Waals surface area contributed by atoms with E-state index in [1.54, 1.807) is 0 Å². The van der Waals surface area contributed by atoms with Gasteiger partial charge in [-0.25, -0.2) is 0 Å². The molecule has 0 N–H and O–H groups in total. The van der Waals surface area contributed by atoms with E-state index in [1.165, 1.54) is 64.2 Å². The van der Waals surface area contributed by atoms with Crippen LogP contribution in [0.4, 0.5) is 0 Å². The van der Waals surface area contributed by atoms with Gasteiger partial charge in [0, 0.05) is 0 Å². The van der Waals surface area contributed by atoms with Crippen molar-refractivity contribution in [1.29, 1.82) is 0 Å². The highest BCUT2D eigenvalue weighted by atomic mass is 32.2. The maximum absolute atomic E-state index is 10.7. The van der Waals surface area contributed by atoms with Crippen molar-refractivity contribution in [2.45, 2.75) is 77.0 Å². The Labute approximate surface area is 131 Å². The third-order valence-corrected chi connectivity index (χ3v) is 4.72. The minimum atomic E-state index is -3.24. The molecule has 0 bridgehead atoms. The zero-order valence-electron chi connectivity index (χ0n) is 13.6. The van der Waals surface area contributed by atoms with Crippen molar-refractivity contribution in [3.05, 3.63) is 12.2 Å². The number of rotatable bonds is 13. The van der Waals surface area contributed by atoms with E-state index in [4.69, 9.17) is 4.18 Å².